The number of hydrogen-bond donors (Lipinski definition) is 0. The van der Waals surface area contributed by atoms with Crippen LogP contribution in [0.2, 0.25) is 0 Å². The van der Waals surface area contributed by atoms with Crippen LogP contribution in [0.25, 0.3) is 0 Å². The van der Waals surface area contributed by atoms with E-state index in [-0.39, 0.29) is 4.90 Å². The summed E-state index contributed by atoms with van der Waals surface area (Å²) in [7, 11) is 1.49. The molecule has 0 saturated carbocycles. The summed E-state index contributed by atoms with van der Waals surface area (Å²) in [6, 6.07) is 5.83. The molecule has 0 radical (unpaired) electrons. The van der Waals surface area contributed by atoms with Gasteiger partial charge in [0.1, 0.15) is 12.4 Å². The molecule has 0 N–H and O–H groups in total. The van der Waals surface area contributed by atoms with Gasteiger partial charge in [0.25, 0.3) is 9.05 Å². The maximum Gasteiger partial charge on any atom is 0.261 e. The van der Waals surface area contributed by atoms with Crippen LogP contribution in [0.3, 0.4) is 0 Å². The van der Waals surface area contributed by atoms with Crippen molar-refractivity contribution in [3.05, 3.63) is 35.3 Å². The predicted molar refractivity (Wildman–Crippen MR) is 63.0 cm³/mol. The van der Waals surface area contributed by atoms with Gasteiger partial charge in [-0.25, -0.2) is 8.42 Å². The summed E-state index contributed by atoms with van der Waals surface area (Å²) in [6.07, 6.45) is 0. The van der Waals surface area contributed by atoms with Crippen molar-refractivity contribution < 1.29 is 13.2 Å². The van der Waals surface area contributed by atoms with Gasteiger partial charge in [-0.1, -0.05) is 22.5 Å². The highest BCUT2D eigenvalue weighted by molar-refractivity contribution is 9.11. The smallest absolute Gasteiger partial charge is 0.261 e. The maximum atomic E-state index is 10.9. The molecule has 0 fully saturated rings. The van der Waals surface area contributed by atoms with Gasteiger partial charge in [0, 0.05) is 15.2 Å². The summed E-state index contributed by atoms with van der Waals surface area (Å²) >= 11 is 3.14. The van der Waals surface area contributed by atoms with E-state index in [1.54, 1.807) is 0 Å². The molecule has 0 amide bonds. The first-order valence-corrected chi connectivity index (χ1v) is 7.00. The van der Waals surface area contributed by atoms with Gasteiger partial charge in [-0.2, -0.15) is 0 Å². The minimum absolute atomic E-state index is 0.0502. The second-order valence-electron chi connectivity index (χ2n) is 2.72. The molecular formula is C9H8BrClO3S. The van der Waals surface area contributed by atoms with Crippen LogP contribution < -0.4 is 4.74 Å². The van der Waals surface area contributed by atoms with Crippen molar-refractivity contribution in [1.82, 2.24) is 0 Å². The maximum absolute atomic E-state index is 10.9. The van der Waals surface area contributed by atoms with Gasteiger partial charge in [-0.3, -0.25) is 0 Å². The third-order valence-electron chi connectivity index (χ3n) is 1.50. The van der Waals surface area contributed by atoms with Gasteiger partial charge >= 0.3 is 0 Å². The van der Waals surface area contributed by atoms with Crippen molar-refractivity contribution in [3.8, 4) is 5.75 Å². The van der Waals surface area contributed by atoms with E-state index in [9.17, 15) is 8.42 Å². The summed E-state index contributed by atoms with van der Waals surface area (Å²) in [6.45, 7) is 3.93. The lowest BCUT2D eigenvalue weighted by Crippen LogP contribution is -1.96. The molecule has 0 aliphatic rings. The molecule has 0 bridgehead atoms. The first-order valence-electron chi connectivity index (χ1n) is 3.90. The highest BCUT2D eigenvalue weighted by Gasteiger charge is 2.08. The summed E-state index contributed by atoms with van der Waals surface area (Å²) in [5.74, 6) is 0.555. The average molecular weight is 312 g/mol. The molecule has 0 spiro atoms. The fraction of sp³-hybridized carbons (Fsp3) is 0.111. The van der Waals surface area contributed by atoms with Crippen LogP contribution in [0, 0.1) is 0 Å². The van der Waals surface area contributed by atoms with E-state index in [0.29, 0.717) is 16.8 Å². The highest BCUT2D eigenvalue weighted by atomic mass is 79.9. The summed E-state index contributed by atoms with van der Waals surface area (Å²) < 4.78 is 27.8. The topological polar surface area (TPSA) is 43.4 Å². The third-order valence-corrected chi connectivity index (χ3v) is 3.10. The Morgan fingerprint density at radius 2 is 1.93 bits per heavy atom. The largest absolute Gasteiger partial charge is 0.488 e. The Bertz CT molecular complexity index is 453. The van der Waals surface area contributed by atoms with Crippen LogP contribution in [-0.2, 0) is 9.05 Å². The van der Waals surface area contributed by atoms with E-state index in [1.165, 1.54) is 24.3 Å². The minimum Gasteiger partial charge on any atom is -0.488 e. The van der Waals surface area contributed by atoms with Crippen molar-refractivity contribution in [3.63, 3.8) is 0 Å². The molecule has 82 valence electrons. The predicted octanol–water partition coefficient (Wildman–Crippen LogP) is 2.90. The molecular weight excluding hydrogens is 304 g/mol. The Labute approximate surface area is 101 Å². The molecule has 0 aromatic heterocycles. The van der Waals surface area contributed by atoms with E-state index in [2.05, 4.69) is 22.5 Å². The van der Waals surface area contributed by atoms with Crippen molar-refractivity contribution in [2.24, 2.45) is 0 Å². The number of halogens is 2. The standard InChI is InChI=1S/C9H8BrClO3S/c1-7(10)6-14-8-2-4-9(5-3-8)15(11,12)13/h2-5H,1,6H2. The molecule has 0 saturated heterocycles. The molecule has 0 aliphatic heterocycles. The van der Waals surface area contributed by atoms with Crippen LogP contribution >= 0.6 is 26.6 Å². The average Bonchev–Trinajstić information content (AvgIpc) is 2.14. The SMILES string of the molecule is C=C(Br)COc1ccc(S(=O)(=O)Cl)cc1. The molecule has 1 aromatic carbocycles. The zero-order chi connectivity index (χ0) is 11.5. The quantitative estimate of drug-likeness (QED) is 0.803. The van der Waals surface area contributed by atoms with Crippen LogP contribution in [0.15, 0.2) is 40.2 Å². The molecule has 1 aromatic rings. The Balaban J connectivity index is 2.77. The lowest BCUT2D eigenvalue weighted by Gasteiger charge is -2.04. The first-order chi connectivity index (χ1) is 6.89. The Morgan fingerprint density at radius 3 is 2.33 bits per heavy atom. The lowest BCUT2D eigenvalue weighted by atomic mass is 10.3. The zero-order valence-corrected chi connectivity index (χ0v) is 10.8. The van der Waals surface area contributed by atoms with Gasteiger partial charge < -0.3 is 4.74 Å². The monoisotopic (exact) mass is 310 g/mol. The summed E-state index contributed by atoms with van der Waals surface area (Å²) in [5.41, 5.74) is 0. The molecule has 3 nitrogen and oxygen atoms in total. The van der Waals surface area contributed by atoms with Gasteiger partial charge in [-0.15, -0.1) is 0 Å². The van der Waals surface area contributed by atoms with Crippen molar-refractivity contribution in [2.75, 3.05) is 6.61 Å². The van der Waals surface area contributed by atoms with Crippen LogP contribution in [0.1, 0.15) is 0 Å². The Hall–Kier alpha value is -0.520. The molecule has 1 rings (SSSR count). The van der Waals surface area contributed by atoms with Crippen LogP contribution in [0.4, 0.5) is 0 Å². The van der Waals surface area contributed by atoms with Gasteiger partial charge in [-0.05, 0) is 24.3 Å². The van der Waals surface area contributed by atoms with Gasteiger partial charge in [0.2, 0.25) is 0 Å². The van der Waals surface area contributed by atoms with E-state index in [4.69, 9.17) is 15.4 Å². The second kappa shape index (κ2) is 5.01. The minimum atomic E-state index is -3.66. The normalized spacial score (nSPS) is 11.1. The van der Waals surface area contributed by atoms with Crippen molar-refractivity contribution in [2.45, 2.75) is 4.90 Å². The number of hydrogen-bond acceptors (Lipinski definition) is 3. The molecule has 0 heterocycles. The molecule has 6 heteroatoms. The molecule has 15 heavy (non-hydrogen) atoms. The van der Waals surface area contributed by atoms with Crippen molar-refractivity contribution >= 4 is 35.7 Å². The van der Waals surface area contributed by atoms with E-state index in [0.717, 1.165) is 0 Å². The van der Waals surface area contributed by atoms with E-state index >= 15 is 0 Å². The fourth-order valence-corrected chi connectivity index (χ4v) is 1.74. The third kappa shape index (κ3) is 4.24. The summed E-state index contributed by atoms with van der Waals surface area (Å²) in [5, 5.41) is 0. The van der Waals surface area contributed by atoms with E-state index in [1.807, 2.05) is 0 Å². The first kappa shape index (κ1) is 12.5. The van der Waals surface area contributed by atoms with Crippen molar-refractivity contribution in [1.29, 1.82) is 0 Å². The van der Waals surface area contributed by atoms with Crippen LogP contribution in [0.5, 0.6) is 5.75 Å². The zero-order valence-electron chi connectivity index (χ0n) is 7.61. The highest BCUT2D eigenvalue weighted by Crippen LogP contribution is 2.19. The number of rotatable bonds is 4. The Kier molecular flexibility index (Phi) is 4.19. The molecule has 0 unspecified atom stereocenters. The second-order valence-corrected chi connectivity index (χ2v) is 6.40. The van der Waals surface area contributed by atoms with E-state index < -0.39 is 9.05 Å². The number of benzene rings is 1. The van der Waals surface area contributed by atoms with Gasteiger partial charge in [0.05, 0.1) is 4.90 Å². The van der Waals surface area contributed by atoms with Crippen LogP contribution in [-0.4, -0.2) is 15.0 Å². The van der Waals surface area contributed by atoms with Gasteiger partial charge in [0.15, 0.2) is 0 Å². The molecule has 0 aliphatic carbocycles. The lowest BCUT2D eigenvalue weighted by molar-refractivity contribution is 0.360. The number of ether oxygens (including phenoxy) is 1. The molecule has 0 atom stereocenters. The Morgan fingerprint density at radius 1 is 1.40 bits per heavy atom. The fourth-order valence-electron chi connectivity index (χ4n) is 0.860. The summed E-state index contributed by atoms with van der Waals surface area (Å²) in [4.78, 5) is 0.0502.